The molecule has 1 atom stereocenters. The molecule has 0 unspecified atom stereocenters. The van der Waals surface area contributed by atoms with Crippen molar-refractivity contribution in [2.24, 2.45) is 0 Å². The monoisotopic (exact) mass is 759 g/mol. The zero-order valence-electron chi connectivity index (χ0n) is 25.5. The quantitative estimate of drug-likeness (QED) is 0.0729. The van der Waals surface area contributed by atoms with Crippen molar-refractivity contribution in [2.75, 3.05) is 18.3 Å². The largest absolute Gasteiger partial charge is 0.523 e. The average molecular weight is 760 g/mol. The number of aliphatic hydroxyl groups is 1. The molecule has 0 aliphatic carbocycles. The van der Waals surface area contributed by atoms with Crippen LogP contribution in [0.4, 0.5) is 36.8 Å². The van der Waals surface area contributed by atoms with E-state index in [1.54, 1.807) is 66.6 Å². The van der Waals surface area contributed by atoms with E-state index in [2.05, 4.69) is 14.2 Å². The Morgan fingerprint density at radius 1 is 0.918 bits per heavy atom. The lowest BCUT2D eigenvalue weighted by atomic mass is 9.90. The highest BCUT2D eigenvalue weighted by atomic mass is 35.5. The summed E-state index contributed by atoms with van der Waals surface area (Å²) < 4.78 is 131. The number of nitrogens with one attached hydrogen (secondary N) is 1. The topological polar surface area (TPSA) is 137 Å². The van der Waals surface area contributed by atoms with Gasteiger partial charge in [-0.05, 0) is 35.2 Å². The highest BCUT2D eigenvalue weighted by molar-refractivity contribution is 7.87. The van der Waals surface area contributed by atoms with Crippen LogP contribution in [0.5, 0.6) is 0 Å². The first kappa shape index (κ1) is 41.6. The molecular weight excluding hydrogens is 731 g/mol. The van der Waals surface area contributed by atoms with Crippen molar-refractivity contribution < 1.29 is 67.2 Å². The maximum Gasteiger partial charge on any atom is 0.523 e. The Kier molecular flexibility index (Phi) is 15.1. The van der Waals surface area contributed by atoms with Crippen LogP contribution in [0, 0.1) is 11.8 Å². The van der Waals surface area contributed by atoms with Crippen LogP contribution in [-0.2, 0) is 51.5 Å². The molecule has 0 saturated carbocycles. The lowest BCUT2D eigenvalue weighted by molar-refractivity contribution is -0.239. The second-order valence-electron chi connectivity index (χ2n) is 9.12. The minimum Gasteiger partial charge on any atom is -0.415 e. The number of carbonyl (C=O) groups is 1. The van der Waals surface area contributed by atoms with E-state index in [-0.39, 0.29) is 23.9 Å². The number of cyclic esters (lactones) is 1. The van der Waals surface area contributed by atoms with Crippen LogP contribution in [0.15, 0.2) is 78.9 Å². The minimum absolute atomic E-state index is 0.0305. The maximum atomic E-state index is 13.4. The molecule has 49 heavy (non-hydrogen) atoms. The van der Waals surface area contributed by atoms with E-state index in [1.807, 2.05) is 19.8 Å². The molecule has 2 N–H and O–H groups in total. The number of amides is 1. The van der Waals surface area contributed by atoms with Gasteiger partial charge in [-0.25, -0.2) is 4.79 Å². The van der Waals surface area contributed by atoms with Gasteiger partial charge in [-0.1, -0.05) is 92.0 Å². The van der Waals surface area contributed by atoms with Gasteiger partial charge in [0.25, 0.3) is 5.60 Å². The van der Waals surface area contributed by atoms with Crippen molar-refractivity contribution in [3.8, 4) is 11.8 Å². The van der Waals surface area contributed by atoms with Crippen LogP contribution in [-0.4, -0.2) is 44.3 Å². The molecule has 0 spiro atoms. The van der Waals surface area contributed by atoms with Crippen LogP contribution in [0.2, 0.25) is 5.02 Å². The summed E-state index contributed by atoms with van der Waals surface area (Å²) in [5.74, 6) is 3.66. The number of aliphatic hydroxyl groups excluding tert-OH is 1. The van der Waals surface area contributed by atoms with Gasteiger partial charge in [0.05, 0.1) is 18.9 Å². The Morgan fingerprint density at radius 2 is 1.43 bits per heavy atom. The fraction of sp³-hybridized carbons (Fsp3) is 0.300. The molecule has 0 saturated heterocycles. The molecule has 3 aromatic rings. The highest BCUT2D eigenvalue weighted by Crippen LogP contribution is 2.51. The zero-order valence-corrected chi connectivity index (χ0v) is 28.0. The lowest BCUT2D eigenvalue weighted by Gasteiger charge is -2.35. The second-order valence-corrected chi connectivity index (χ2v) is 13.2. The van der Waals surface area contributed by atoms with Crippen molar-refractivity contribution >= 4 is 41.1 Å². The normalized spacial score (nSPS) is 15.8. The van der Waals surface area contributed by atoms with E-state index in [4.69, 9.17) is 25.8 Å². The summed E-state index contributed by atoms with van der Waals surface area (Å²) in [4.78, 5) is 11.3. The highest BCUT2D eigenvalue weighted by Gasteiger charge is 2.62. The molecule has 1 amide bonds. The Labute approximate surface area is 282 Å². The molecule has 4 rings (SSSR count). The number of rotatable bonds is 9. The number of hydrogen-bond donors (Lipinski definition) is 2. The number of ether oxygens (including phenoxy) is 1. The summed E-state index contributed by atoms with van der Waals surface area (Å²) in [6.45, 7) is 2.67. The van der Waals surface area contributed by atoms with Gasteiger partial charge in [-0.3, -0.25) is 14.1 Å². The average Bonchev–Trinajstić information content (AvgIpc) is 3.06. The van der Waals surface area contributed by atoms with Gasteiger partial charge in [-0.2, -0.15) is 34.8 Å². The third-order valence-corrected chi connectivity index (χ3v) is 8.67. The first-order chi connectivity index (χ1) is 22.9. The molecule has 1 heterocycles. The minimum atomic E-state index is -5.93. The summed E-state index contributed by atoms with van der Waals surface area (Å²) in [7, 11) is -10.2. The van der Waals surface area contributed by atoms with Gasteiger partial charge in [0.2, 0.25) is 0 Å². The van der Waals surface area contributed by atoms with Gasteiger partial charge in [-0.15, -0.1) is 0 Å². The lowest BCUT2D eigenvalue weighted by Crippen LogP contribution is -2.49. The maximum absolute atomic E-state index is 13.4. The van der Waals surface area contributed by atoms with Crippen LogP contribution in [0.3, 0.4) is 0 Å². The number of fused-ring (bicyclic) bond motifs is 1. The van der Waals surface area contributed by atoms with Gasteiger partial charge >= 0.3 is 35.5 Å². The number of anilines is 1. The molecule has 1 aliphatic heterocycles. The predicted molar refractivity (Wildman–Crippen MR) is 166 cm³/mol. The predicted octanol–water partition coefficient (Wildman–Crippen LogP) is 8.12. The first-order valence-corrected chi connectivity index (χ1v) is 17.3. The van der Waals surface area contributed by atoms with Crippen molar-refractivity contribution in [3.05, 3.63) is 101 Å². The fourth-order valence-corrected chi connectivity index (χ4v) is 5.88. The summed E-state index contributed by atoms with van der Waals surface area (Å²) in [6.07, 6.45) is -7.68. The molecule has 1 aliphatic rings. The molecule has 0 fully saturated rings. The van der Waals surface area contributed by atoms with Crippen LogP contribution in [0.1, 0.15) is 30.5 Å². The van der Waals surface area contributed by atoms with Gasteiger partial charge < -0.3 is 18.9 Å². The SMILES string of the molecule is CC.O=C1Nc2ccc(Cl)cc2[C@@](C#CCO)(C(F)(F)F)O1.O=P(COS(=O)(=O)C(F)(F)F)(OCc1ccccc1)OCc1ccccc1. The van der Waals surface area contributed by atoms with E-state index in [1.165, 1.54) is 12.1 Å². The number of alkyl halides is 6. The molecule has 0 radical (unpaired) electrons. The Balaban J connectivity index is 0.000000336. The van der Waals surface area contributed by atoms with Gasteiger partial charge in [0.15, 0.2) is 6.35 Å². The zero-order chi connectivity index (χ0) is 36.9. The number of hydrogen-bond acceptors (Lipinski definition) is 9. The third-order valence-electron chi connectivity index (χ3n) is 5.78. The molecular formula is C30H29ClF6NO9PS. The summed E-state index contributed by atoms with van der Waals surface area (Å²) in [5.41, 5.74) is -8.19. The van der Waals surface area contributed by atoms with E-state index < -0.39 is 59.6 Å². The summed E-state index contributed by atoms with van der Waals surface area (Å²) in [6, 6.07) is 20.3. The van der Waals surface area contributed by atoms with Crippen LogP contribution < -0.4 is 5.32 Å². The first-order valence-electron chi connectivity index (χ1n) is 13.8. The Morgan fingerprint density at radius 3 is 1.88 bits per heavy atom. The number of halogens is 7. The van der Waals surface area contributed by atoms with Crippen molar-refractivity contribution in [2.45, 2.75) is 44.3 Å². The van der Waals surface area contributed by atoms with Crippen LogP contribution >= 0.6 is 19.2 Å². The Bertz CT molecular complexity index is 1710. The van der Waals surface area contributed by atoms with Gasteiger partial charge in [0.1, 0.15) is 6.61 Å². The van der Waals surface area contributed by atoms with Crippen molar-refractivity contribution in [3.63, 3.8) is 0 Å². The standard InChI is InChI=1S/C16H16F3O6PS.C12H7ClF3NO3.C2H6/c17-16(18,19)27(21,22)25-13-26(20,23-11-14-7-3-1-4-8-14)24-12-15-9-5-2-6-10-15;13-7-2-3-9-8(6-7)11(4-1-5-18,12(14,15)16)20-10(19)17-9;1-2/h1-10H,11-13H2;2-3,6,18H,5H2,(H,17,19);1-2H3/t;11-;/m.0./s1. The van der Waals surface area contributed by atoms with Crippen molar-refractivity contribution in [1.29, 1.82) is 0 Å². The molecule has 10 nitrogen and oxygen atoms in total. The Hall–Kier alpha value is -3.62. The van der Waals surface area contributed by atoms with E-state index in [9.17, 15) is 44.1 Å². The van der Waals surface area contributed by atoms with E-state index in [0.29, 0.717) is 11.1 Å². The molecule has 0 bridgehead atoms. The summed E-state index contributed by atoms with van der Waals surface area (Å²) in [5, 5.41) is 10.8. The smallest absolute Gasteiger partial charge is 0.415 e. The molecule has 0 aromatic heterocycles. The van der Waals surface area contributed by atoms with E-state index in [0.717, 1.165) is 6.07 Å². The molecule has 268 valence electrons. The summed E-state index contributed by atoms with van der Waals surface area (Å²) >= 11 is 5.69. The number of carbonyl (C=O) groups excluding carboxylic acids is 1. The second kappa shape index (κ2) is 17.9. The van der Waals surface area contributed by atoms with E-state index >= 15 is 0 Å². The molecule has 19 heteroatoms. The fourth-order valence-electron chi connectivity index (χ4n) is 3.59. The van der Waals surface area contributed by atoms with Crippen LogP contribution in [0.25, 0.3) is 0 Å². The van der Waals surface area contributed by atoms with Gasteiger partial charge in [0, 0.05) is 10.6 Å². The van der Waals surface area contributed by atoms with Crippen molar-refractivity contribution in [1.82, 2.24) is 0 Å². The third kappa shape index (κ3) is 11.7. The molecule has 3 aromatic carbocycles. The number of benzene rings is 3.